The Balaban J connectivity index is 1.46. The van der Waals surface area contributed by atoms with E-state index >= 15 is 0 Å². The quantitative estimate of drug-likeness (QED) is 0.372. The Morgan fingerprint density at radius 2 is 1.66 bits per heavy atom. The van der Waals surface area contributed by atoms with Gasteiger partial charge in [0.05, 0.1) is 24.6 Å². The van der Waals surface area contributed by atoms with E-state index in [-0.39, 0.29) is 37.9 Å². The van der Waals surface area contributed by atoms with E-state index in [1.165, 1.54) is 4.90 Å². The highest BCUT2D eigenvalue weighted by Gasteiger charge is 2.75. The fourth-order valence-electron chi connectivity index (χ4n) is 7.40. The molecule has 0 aromatic heterocycles. The molecule has 0 radical (unpaired) electrons. The molecular formula is C36H40BrN3O7. The molecule has 5 bridgehead atoms. The van der Waals surface area contributed by atoms with Gasteiger partial charge in [0.25, 0.3) is 0 Å². The molecule has 2 aromatic rings. The molecule has 10 nitrogen and oxygen atoms in total. The minimum absolute atomic E-state index is 0.114. The van der Waals surface area contributed by atoms with Crippen LogP contribution in [0.2, 0.25) is 0 Å². The Hall–Kier alpha value is -3.80. The molecule has 47 heavy (non-hydrogen) atoms. The van der Waals surface area contributed by atoms with Gasteiger partial charge in [0.2, 0.25) is 17.7 Å². The number of halogens is 1. The Kier molecular flexibility index (Phi) is 9.42. The first-order valence-electron chi connectivity index (χ1n) is 16.1. The molecule has 8 atom stereocenters. The van der Waals surface area contributed by atoms with Gasteiger partial charge in [-0.3, -0.25) is 19.2 Å². The van der Waals surface area contributed by atoms with Gasteiger partial charge in [0.1, 0.15) is 29.8 Å². The summed E-state index contributed by atoms with van der Waals surface area (Å²) in [5.74, 6) is -3.70. The SMILES string of the molecule is C[C@H](CO)N1C(=O)[C@@H]2[C@H]3C(=O)O[C@@H](c4ccccc4)[C@H](C)N(C)C(=O)CC/C=C\CN(Cc4ccccc4)C(=O)[C@@H]1[C@]21C=C(Br)[C@H]3O1. The number of amides is 3. The number of nitrogens with zero attached hydrogens (tertiary/aromatic N) is 3. The summed E-state index contributed by atoms with van der Waals surface area (Å²) < 4.78 is 13.4. The second-order valence-corrected chi connectivity index (χ2v) is 13.7. The summed E-state index contributed by atoms with van der Waals surface area (Å²) in [5, 5.41) is 10.3. The fourth-order valence-corrected chi connectivity index (χ4v) is 8.14. The minimum Gasteiger partial charge on any atom is -0.455 e. The van der Waals surface area contributed by atoms with Crippen LogP contribution in [0.25, 0.3) is 0 Å². The zero-order valence-electron chi connectivity index (χ0n) is 26.7. The van der Waals surface area contributed by atoms with Gasteiger partial charge in [-0.05, 0) is 37.5 Å². The van der Waals surface area contributed by atoms with Crippen molar-refractivity contribution in [1.29, 1.82) is 0 Å². The van der Waals surface area contributed by atoms with Crippen LogP contribution in [-0.2, 0) is 35.2 Å². The molecule has 2 saturated heterocycles. The van der Waals surface area contributed by atoms with Crippen molar-refractivity contribution in [2.24, 2.45) is 11.8 Å². The zero-order chi connectivity index (χ0) is 33.5. The molecule has 1 N–H and O–H groups in total. The molecule has 3 amide bonds. The third-order valence-electron chi connectivity index (χ3n) is 9.97. The maximum absolute atomic E-state index is 14.8. The number of aliphatic hydroxyl groups excluding tert-OH is 1. The maximum atomic E-state index is 14.8. The van der Waals surface area contributed by atoms with E-state index in [9.17, 15) is 24.3 Å². The Morgan fingerprint density at radius 3 is 2.34 bits per heavy atom. The first-order chi connectivity index (χ1) is 22.6. The van der Waals surface area contributed by atoms with Crippen LogP contribution in [0, 0.1) is 11.8 Å². The van der Waals surface area contributed by atoms with Crippen molar-refractivity contribution in [3.05, 3.63) is 94.5 Å². The Bertz CT molecular complexity index is 1580. The lowest BCUT2D eigenvalue weighted by molar-refractivity contribution is -0.164. The topological polar surface area (TPSA) is 117 Å². The van der Waals surface area contributed by atoms with E-state index < -0.39 is 59.6 Å². The molecule has 1 spiro atoms. The third-order valence-corrected chi connectivity index (χ3v) is 10.6. The summed E-state index contributed by atoms with van der Waals surface area (Å²) in [7, 11) is 1.70. The molecule has 0 saturated carbocycles. The normalized spacial score (nSPS) is 32.7. The molecule has 4 heterocycles. The number of ether oxygens (including phenoxy) is 2. The van der Waals surface area contributed by atoms with E-state index in [0.29, 0.717) is 16.5 Å². The van der Waals surface area contributed by atoms with Crippen molar-refractivity contribution < 1.29 is 33.8 Å². The van der Waals surface area contributed by atoms with E-state index in [0.717, 1.165) is 5.56 Å². The summed E-state index contributed by atoms with van der Waals surface area (Å²) in [4.78, 5) is 61.6. The fraction of sp³-hybridized carbons (Fsp3) is 0.444. The average molecular weight is 707 g/mol. The first-order valence-corrected chi connectivity index (χ1v) is 16.9. The van der Waals surface area contributed by atoms with Gasteiger partial charge in [0, 0.05) is 31.0 Å². The molecule has 4 aliphatic heterocycles. The Labute approximate surface area is 283 Å². The van der Waals surface area contributed by atoms with Crippen LogP contribution in [0.1, 0.15) is 43.9 Å². The van der Waals surface area contributed by atoms with Crippen LogP contribution >= 0.6 is 15.9 Å². The van der Waals surface area contributed by atoms with Crippen LogP contribution in [0.4, 0.5) is 0 Å². The van der Waals surface area contributed by atoms with Crippen molar-refractivity contribution in [1.82, 2.24) is 14.7 Å². The molecular weight excluding hydrogens is 666 g/mol. The molecule has 0 aliphatic carbocycles. The molecule has 6 rings (SSSR count). The second-order valence-electron chi connectivity index (χ2n) is 12.8. The number of benzene rings is 2. The summed E-state index contributed by atoms with van der Waals surface area (Å²) in [6, 6.07) is 16.4. The van der Waals surface area contributed by atoms with E-state index in [4.69, 9.17) is 9.47 Å². The molecule has 0 unspecified atom stereocenters. The predicted octanol–water partition coefficient (Wildman–Crippen LogP) is 3.75. The Morgan fingerprint density at radius 1 is 0.979 bits per heavy atom. The van der Waals surface area contributed by atoms with Gasteiger partial charge in [-0.2, -0.15) is 0 Å². The number of hydrogen-bond donors (Lipinski definition) is 1. The predicted molar refractivity (Wildman–Crippen MR) is 177 cm³/mol. The largest absolute Gasteiger partial charge is 0.455 e. The van der Waals surface area contributed by atoms with Crippen LogP contribution in [0.5, 0.6) is 0 Å². The minimum atomic E-state index is -1.46. The number of allylic oxidation sites excluding steroid dienone is 1. The number of likely N-dealkylation sites (N-methyl/N-ethyl adjacent to an activating group) is 1. The standard InChI is InChI=1S/C36H40BrN3O7/c1-22(21-41)40-32-34(44)39(20-24-13-7-4-8-14-24)18-12-6-11-17-27(42)38(3)23(2)30(25-15-9-5-10-16-25)46-35(45)28-29(33(40)43)36(32)19-26(37)31(28)47-36/h4-10,12-16,19,22-23,28-32,41H,11,17-18,20-21H2,1-3H3/b12-6-/t22-,23+,28-,29+,30-,31-,32-,36+/m1/s1. The number of rotatable bonds is 5. The van der Waals surface area contributed by atoms with Gasteiger partial charge in [-0.25, -0.2) is 0 Å². The zero-order valence-corrected chi connectivity index (χ0v) is 28.3. The van der Waals surface area contributed by atoms with Crippen molar-refractivity contribution in [2.45, 2.75) is 69.2 Å². The molecule has 4 aliphatic rings. The van der Waals surface area contributed by atoms with Crippen LogP contribution < -0.4 is 0 Å². The summed E-state index contributed by atoms with van der Waals surface area (Å²) >= 11 is 3.59. The van der Waals surface area contributed by atoms with Crippen molar-refractivity contribution in [2.75, 3.05) is 20.2 Å². The lowest BCUT2D eigenvalue weighted by Gasteiger charge is -2.37. The van der Waals surface area contributed by atoms with E-state index in [1.807, 2.05) is 79.7 Å². The molecule has 2 aromatic carbocycles. The van der Waals surface area contributed by atoms with E-state index in [2.05, 4.69) is 15.9 Å². The lowest BCUT2D eigenvalue weighted by Crippen LogP contribution is -2.57. The average Bonchev–Trinajstić information content (AvgIpc) is 3.68. The van der Waals surface area contributed by atoms with Gasteiger partial charge in [-0.15, -0.1) is 0 Å². The van der Waals surface area contributed by atoms with Crippen LogP contribution in [0.15, 0.2) is 83.4 Å². The van der Waals surface area contributed by atoms with Crippen molar-refractivity contribution in [3.8, 4) is 0 Å². The third kappa shape index (κ3) is 5.83. The number of aliphatic hydroxyl groups is 1. The second kappa shape index (κ2) is 13.4. The van der Waals surface area contributed by atoms with Crippen molar-refractivity contribution in [3.63, 3.8) is 0 Å². The number of likely N-dealkylation sites (tertiary alicyclic amines) is 1. The number of cyclic esters (lactones) is 1. The summed E-state index contributed by atoms with van der Waals surface area (Å²) in [6.07, 6.45) is 4.51. The van der Waals surface area contributed by atoms with Gasteiger partial charge >= 0.3 is 5.97 Å². The first kappa shape index (κ1) is 33.1. The summed E-state index contributed by atoms with van der Waals surface area (Å²) in [6.45, 7) is 3.62. The highest BCUT2D eigenvalue weighted by Crippen LogP contribution is 2.59. The van der Waals surface area contributed by atoms with E-state index in [1.54, 1.807) is 29.8 Å². The highest BCUT2D eigenvalue weighted by atomic mass is 79.9. The maximum Gasteiger partial charge on any atom is 0.313 e. The lowest BCUT2D eigenvalue weighted by atomic mass is 9.74. The number of hydrogen-bond acceptors (Lipinski definition) is 7. The summed E-state index contributed by atoms with van der Waals surface area (Å²) in [5.41, 5.74) is 0.141. The van der Waals surface area contributed by atoms with Crippen molar-refractivity contribution >= 4 is 39.6 Å². The van der Waals surface area contributed by atoms with Crippen LogP contribution in [-0.4, -0.2) is 93.5 Å². The highest BCUT2D eigenvalue weighted by molar-refractivity contribution is 9.11. The van der Waals surface area contributed by atoms with Gasteiger partial charge in [-0.1, -0.05) is 88.7 Å². The monoisotopic (exact) mass is 705 g/mol. The van der Waals surface area contributed by atoms with Crippen LogP contribution in [0.3, 0.4) is 0 Å². The molecule has 248 valence electrons. The number of esters is 1. The number of carbonyl (C=O) groups is 4. The molecule has 11 heteroatoms. The smallest absolute Gasteiger partial charge is 0.313 e. The van der Waals surface area contributed by atoms with Gasteiger partial charge in [0.15, 0.2) is 0 Å². The van der Waals surface area contributed by atoms with Gasteiger partial charge < -0.3 is 29.3 Å². The number of carbonyl (C=O) groups excluding carboxylic acids is 4. The number of fused-ring (bicyclic) bond motifs is 2. The molecule has 2 fully saturated rings.